The average molecular weight is 509 g/mol. The molecule has 12 heteroatoms. The smallest absolute Gasteiger partial charge is 0.163 e. The minimum absolute atomic E-state index is 0.00662. The standard InChI is InChI=1S/C21H20O6.H6N3P3/c1-26-20-11-14(5-9-18(20)24)3-7-16(22)13-17(23)8-4-15-6-10-19(25)21(12-15)27-2;1-4-2-6-3-5-1/h3-12,24-25H,13H2,1-2H3;1-6H/b7-3+,8-4+;. The van der Waals surface area contributed by atoms with E-state index in [2.05, 4.69) is 14.6 Å². The van der Waals surface area contributed by atoms with E-state index in [9.17, 15) is 19.8 Å². The van der Waals surface area contributed by atoms with Crippen LogP contribution in [0.15, 0.2) is 48.6 Å². The van der Waals surface area contributed by atoms with Crippen molar-refractivity contribution in [2.45, 2.75) is 6.42 Å². The zero-order valence-electron chi connectivity index (χ0n) is 18.0. The molecule has 1 aliphatic rings. The summed E-state index contributed by atoms with van der Waals surface area (Å²) in [5.74, 6) is -0.0832. The Morgan fingerprint density at radius 2 is 1.18 bits per heavy atom. The monoisotopic (exact) mass is 509 g/mol. The molecule has 0 saturated carbocycles. The van der Waals surface area contributed by atoms with Crippen LogP contribution < -0.4 is 24.0 Å². The Balaban J connectivity index is 0.000000554. The van der Waals surface area contributed by atoms with Gasteiger partial charge in [0.15, 0.2) is 34.6 Å². The molecule has 0 aromatic heterocycles. The second-order valence-electron chi connectivity index (χ2n) is 6.39. The summed E-state index contributed by atoms with van der Waals surface area (Å²) in [4.78, 5) is 33.2. The predicted octanol–water partition coefficient (Wildman–Crippen LogP) is 3.66. The van der Waals surface area contributed by atoms with Gasteiger partial charge in [-0.3, -0.25) is 24.2 Å². The summed E-state index contributed by atoms with van der Waals surface area (Å²) in [6.45, 7) is 0. The minimum atomic E-state index is -0.347. The van der Waals surface area contributed by atoms with E-state index in [1.54, 1.807) is 36.4 Å². The first kappa shape index (κ1) is 26.9. The van der Waals surface area contributed by atoms with Crippen LogP contribution in [0.2, 0.25) is 0 Å². The van der Waals surface area contributed by atoms with E-state index in [0.717, 1.165) is 26.6 Å². The van der Waals surface area contributed by atoms with Gasteiger partial charge in [0.1, 0.15) is 0 Å². The molecule has 3 rings (SSSR count). The Labute approximate surface area is 197 Å². The van der Waals surface area contributed by atoms with E-state index in [1.165, 1.54) is 38.5 Å². The molecule has 0 unspecified atom stereocenters. The molecule has 0 spiro atoms. The van der Waals surface area contributed by atoms with Crippen LogP contribution in [0.4, 0.5) is 0 Å². The molecule has 0 radical (unpaired) electrons. The Bertz CT molecular complexity index is 928. The fraction of sp³-hybridized carbons (Fsp3) is 0.143. The van der Waals surface area contributed by atoms with E-state index >= 15 is 0 Å². The molecule has 1 fully saturated rings. The highest BCUT2D eigenvalue weighted by Crippen LogP contribution is 2.27. The summed E-state index contributed by atoms with van der Waals surface area (Å²) in [6, 6.07) is 9.34. The number of benzene rings is 2. The number of aromatic hydroxyl groups is 2. The highest BCUT2D eigenvalue weighted by atomic mass is 31.2. The molecule has 1 aliphatic heterocycles. The van der Waals surface area contributed by atoms with Gasteiger partial charge >= 0.3 is 0 Å². The Morgan fingerprint density at radius 1 is 0.788 bits per heavy atom. The summed E-state index contributed by atoms with van der Waals surface area (Å²) in [7, 11) is 5.16. The Kier molecular flexibility index (Phi) is 12.0. The molecule has 2 aromatic carbocycles. The normalized spacial score (nSPS) is 15.6. The molecule has 1 heterocycles. The number of ketones is 2. The van der Waals surface area contributed by atoms with Gasteiger partial charge in [-0.1, -0.05) is 24.3 Å². The molecule has 5 N–H and O–H groups in total. The van der Waals surface area contributed by atoms with Crippen LogP contribution in [-0.4, -0.2) is 36.0 Å². The van der Waals surface area contributed by atoms with Crippen LogP contribution in [-0.2, 0) is 9.59 Å². The van der Waals surface area contributed by atoms with Crippen molar-refractivity contribution in [3.05, 3.63) is 59.7 Å². The third kappa shape index (κ3) is 9.97. The number of allylic oxidation sites excluding steroid dienone is 2. The molecule has 0 atom stereocenters. The largest absolute Gasteiger partial charge is 0.504 e. The molecular formula is C21H26N3O6P3. The second kappa shape index (κ2) is 14.7. The van der Waals surface area contributed by atoms with Crippen LogP contribution in [0.5, 0.6) is 23.0 Å². The number of hydrogen-bond donors (Lipinski definition) is 5. The minimum Gasteiger partial charge on any atom is -0.504 e. The zero-order valence-corrected chi connectivity index (χ0v) is 21.0. The van der Waals surface area contributed by atoms with Crippen molar-refractivity contribution in [2.75, 3.05) is 14.2 Å². The van der Waals surface area contributed by atoms with Gasteiger partial charge in [-0.15, -0.1) is 0 Å². The lowest BCUT2D eigenvalue weighted by atomic mass is 10.1. The zero-order chi connectivity index (χ0) is 24.1. The molecular weight excluding hydrogens is 483 g/mol. The summed E-state index contributed by atoms with van der Waals surface area (Å²) >= 11 is 0. The third-order valence-electron chi connectivity index (χ3n) is 4.05. The van der Waals surface area contributed by atoms with Crippen molar-refractivity contribution in [3.8, 4) is 23.0 Å². The van der Waals surface area contributed by atoms with E-state index in [-0.39, 0.29) is 29.5 Å². The molecule has 0 bridgehead atoms. The van der Waals surface area contributed by atoms with Gasteiger partial charge in [0.05, 0.1) is 20.6 Å². The van der Waals surface area contributed by atoms with Gasteiger partial charge in [0.2, 0.25) is 0 Å². The van der Waals surface area contributed by atoms with Gasteiger partial charge < -0.3 is 19.7 Å². The third-order valence-corrected chi connectivity index (χ3v) is 7.05. The lowest BCUT2D eigenvalue weighted by Crippen LogP contribution is -2.07. The first-order valence-electron chi connectivity index (χ1n) is 9.58. The van der Waals surface area contributed by atoms with E-state index in [1.807, 2.05) is 0 Å². The summed E-state index contributed by atoms with van der Waals surface area (Å²) in [5, 5.41) is 19.1. The summed E-state index contributed by atoms with van der Waals surface area (Å²) in [6.07, 6.45) is 5.44. The number of nitrogens with one attached hydrogen (secondary N) is 3. The predicted molar refractivity (Wildman–Crippen MR) is 136 cm³/mol. The maximum absolute atomic E-state index is 11.9. The molecule has 0 aliphatic carbocycles. The van der Waals surface area contributed by atoms with E-state index < -0.39 is 0 Å². The van der Waals surface area contributed by atoms with Crippen LogP contribution in [0, 0.1) is 0 Å². The molecule has 1 saturated heterocycles. The maximum atomic E-state index is 11.9. The van der Waals surface area contributed by atoms with Gasteiger partial charge in [-0.25, -0.2) is 0 Å². The average Bonchev–Trinajstić information content (AvgIpc) is 2.84. The van der Waals surface area contributed by atoms with Crippen molar-refractivity contribution in [3.63, 3.8) is 0 Å². The number of ether oxygens (including phenoxy) is 2. The quantitative estimate of drug-likeness (QED) is 0.206. The number of carbonyl (C=O) groups excluding carboxylic acids is 2. The number of phenols is 2. The lowest BCUT2D eigenvalue weighted by Gasteiger charge is -2.12. The maximum Gasteiger partial charge on any atom is 0.163 e. The van der Waals surface area contributed by atoms with Crippen molar-refractivity contribution in [1.82, 2.24) is 14.6 Å². The number of methoxy groups -OCH3 is 2. The van der Waals surface area contributed by atoms with Gasteiger partial charge in [0, 0.05) is 26.6 Å². The van der Waals surface area contributed by atoms with Crippen LogP contribution in [0.25, 0.3) is 12.2 Å². The van der Waals surface area contributed by atoms with Crippen molar-refractivity contribution in [2.24, 2.45) is 0 Å². The van der Waals surface area contributed by atoms with Crippen LogP contribution in [0.1, 0.15) is 17.5 Å². The van der Waals surface area contributed by atoms with Crippen LogP contribution in [0.3, 0.4) is 0 Å². The SMILES string of the molecule is COc1cc(/C=C/C(=O)CC(=O)/C=C/c2ccc(O)c(OC)c2)ccc1O.N1PNPNP1. The lowest BCUT2D eigenvalue weighted by molar-refractivity contribution is -0.121. The molecule has 9 nitrogen and oxygen atoms in total. The topological polar surface area (TPSA) is 129 Å². The summed E-state index contributed by atoms with van der Waals surface area (Å²) in [5.41, 5.74) is 1.33. The van der Waals surface area contributed by atoms with Crippen LogP contribution >= 0.6 is 26.6 Å². The Hall–Kier alpha value is -2.37. The van der Waals surface area contributed by atoms with Crippen molar-refractivity contribution < 1.29 is 29.3 Å². The number of phenolic OH excluding ortho intramolecular Hbond substituents is 2. The molecule has 0 amide bonds. The number of rotatable bonds is 8. The van der Waals surface area contributed by atoms with Gasteiger partial charge in [0.25, 0.3) is 0 Å². The number of carbonyl (C=O) groups is 2. The van der Waals surface area contributed by atoms with E-state index in [0.29, 0.717) is 22.6 Å². The Morgan fingerprint density at radius 3 is 1.52 bits per heavy atom. The highest BCUT2D eigenvalue weighted by Gasteiger charge is 2.06. The van der Waals surface area contributed by atoms with Crippen molar-refractivity contribution in [1.29, 1.82) is 0 Å². The summed E-state index contributed by atoms with van der Waals surface area (Å²) < 4.78 is 10.00. The van der Waals surface area contributed by atoms with E-state index in [4.69, 9.17) is 9.47 Å². The fourth-order valence-corrected chi connectivity index (χ4v) is 5.64. The van der Waals surface area contributed by atoms with Gasteiger partial charge in [-0.05, 0) is 47.5 Å². The fourth-order valence-electron chi connectivity index (χ4n) is 2.45. The first-order valence-corrected chi connectivity index (χ1v) is 12.6. The molecule has 2 aromatic rings. The first-order chi connectivity index (χ1) is 15.9. The molecule has 176 valence electrons. The number of hydrogen-bond acceptors (Lipinski definition) is 9. The molecule has 33 heavy (non-hydrogen) atoms. The van der Waals surface area contributed by atoms with Gasteiger partial charge in [-0.2, -0.15) is 0 Å². The second-order valence-corrected chi connectivity index (χ2v) is 10.1. The van der Waals surface area contributed by atoms with Crippen molar-refractivity contribution >= 4 is 50.4 Å². The highest BCUT2D eigenvalue weighted by molar-refractivity contribution is 7.65.